The highest BCUT2D eigenvalue weighted by molar-refractivity contribution is 7.89. The summed E-state index contributed by atoms with van der Waals surface area (Å²) in [7, 11) is -4.18. The van der Waals surface area contributed by atoms with Crippen LogP contribution in [0, 0.1) is 0 Å². The number of carbonyl (C=O) groups is 1. The number of unbranched alkanes of at least 4 members (excludes halogenated alkanes) is 2. The average Bonchev–Trinajstić information content (AvgIpc) is 3.13. The second-order valence-electron chi connectivity index (χ2n) is 9.64. The van der Waals surface area contributed by atoms with Gasteiger partial charge in [-0.15, -0.1) is 0 Å². The first-order valence-corrected chi connectivity index (χ1v) is 14.9. The van der Waals surface area contributed by atoms with Crippen LogP contribution >= 0.6 is 0 Å². The van der Waals surface area contributed by atoms with Crippen molar-refractivity contribution in [1.82, 2.24) is 5.32 Å². The van der Waals surface area contributed by atoms with E-state index >= 15 is 0 Å². The average molecular weight is 516 g/mol. The molecule has 36 heavy (non-hydrogen) atoms. The minimum Gasteiger partial charge on any atom is -0.454 e. The third kappa shape index (κ3) is 7.96. The molecule has 0 spiro atoms. The normalized spacial score (nSPS) is 14.8. The molecule has 0 aliphatic heterocycles. The summed E-state index contributed by atoms with van der Waals surface area (Å²) in [6, 6.07) is 12.3. The molecule has 0 atom stereocenters. The van der Waals surface area contributed by atoms with E-state index in [1.165, 1.54) is 18.9 Å². The number of anilines is 1. The number of nitrogens with one attached hydrogen (secondary N) is 1. The Balaban J connectivity index is 2.10. The van der Waals surface area contributed by atoms with Crippen molar-refractivity contribution >= 4 is 21.6 Å². The molecule has 8 heteroatoms. The molecule has 0 radical (unpaired) electrons. The first kappa shape index (κ1) is 28.0. The van der Waals surface area contributed by atoms with Gasteiger partial charge in [0.25, 0.3) is 5.91 Å². The summed E-state index contributed by atoms with van der Waals surface area (Å²) >= 11 is 0. The van der Waals surface area contributed by atoms with Gasteiger partial charge in [-0.1, -0.05) is 70.6 Å². The van der Waals surface area contributed by atoms with Crippen LogP contribution in [-0.2, 0) is 10.0 Å². The Morgan fingerprint density at radius 2 is 1.61 bits per heavy atom. The first-order chi connectivity index (χ1) is 17.3. The maximum Gasteiger partial charge on any atom is 0.251 e. The Kier molecular flexibility index (Phi) is 10.6. The van der Waals surface area contributed by atoms with Crippen LogP contribution in [0.25, 0.3) is 0 Å². The van der Waals surface area contributed by atoms with Crippen LogP contribution in [0.2, 0.25) is 0 Å². The molecule has 2 aromatic carbocycles. The first-order valence-electron chi connectivity index (χ1n) is 13.3. The van der Waals surface area contributed by atoms with Gasteiger partial charge in [0.2, 0.25) is 10.0 Å². The predicted octanol–water partition coefficient (Wildman–Crippen LogP) is 5.99. The molecule has 0 aromatic heterocycles. The van der Waals surface area contributed by atoms with Crippen molar-refractivity contribution in [1.29, 1.82) is 0 Å². The number of amides is 1. The van der Waals surface area contributed by atoms with Gasteiger partial charge >= 0.3 is 0 Å². The highest BCUT2D eigenvalue weighted by atomic mass is 32.2. The second-order valence-corrected chi connectivity index (χ2v) is 11.2. The molecule has 1 aliphatic rings. The van der Waals surface area contributed by atoms with Crippen molar-refractivity contribution in [2.24, 2.45) is 5.14 Å². The topological polar surface area (TPSA) is 102 Å². The van der Waals surface area contributed by atoms with Crippen LogP contribution in [0.1, 0.15) is 88.4 Å². The largest absolute Gasteiger partial charge is 0.454 e. The van der Waals surface area contributed by atoms with Gasteiger partial charge in [-0.25, -0.2) is 13.6 Å². The summed E-state index contributed by atoms with van der Waals surface area (Å²) in [6.45, 7) is 5.68. The standard InChI is InChI=1S/C28H41N3O4S/c1-3-5-18-31(19-6-4-2)25-20-22(28(32)30-23-14-10-7-8-11-15-23)21-26(36(29,33)34)27(25)35-24-16-12-9-13-17-24/h9,12-13,16-17,20-21,23H,3-8,10-11,14-15,18-19H2,1-2H3,(H,30,32)(H2,29,33,34). The number of hydrogen-bond donors (Lipinski definition) is 2. The summed E-state index contributed by atoms with van der Waals surface area (Å²) < 4.78 is 31.8. The minimum absolute atomic E-state index is 0.0953. The number of hydrogen-bond acceptors (Lipinski definition) is 5. The van der Waals surface area contributed by atoms with Crippen molar-refractivity contribution < 1.29 is 17.9 Å². The highest BCUT2D eigenvalue weighted by Crippen LogP contribution is 2.39. The van der Waals surface area contributed by atoms with Crippen molar-refractivity contribution in [3.63, 3.8) is 0 Å². The molecule has 1 fully saturated rings. The van der Waals surface area contributed by atoms with Gasteiger partial charge < -0.3 is 15.0 Å². The van der Waals surface area contributed by atoms with Crippen LogP contribution in [0.4, 0.5) is 5.69 Å². The zero-order valence-corrected chi connectivity index (χ0v) is 22.5. The van der Waals surface area contributed by atoms with Gasteiger partial charge in [0.15, 0.2) is 5.75 Å². The maximum atomic E-state index is 13.4. The van der Waals surface area contributed by atoms with Crippen molar-refractivity contribution in [3.8, 4) is 11.5 Å². The highest BCUT2D eigenvalue weighted by Gasteiger charge is 2.27. The lowest BCUT2D eigenvalue weighted by atomic mass is 10.1. The third-order valence-corrected chi connectivity index (χ3v) is 7.58. The minimum atomic E-state index is -4.18. The fourth-order valence-corrected chi connectivity index (χ4v) is 5.31. The Morgan fingerprint density at radius 1 is 1.00 bits per heavy atom. The summed E-state index contributed by atoms with van der Waals surface area (Å²) in [6.07, 6.45) is 10.2. The van der Waals surface area contributed by atoms with Crippen molar-refractivity contribution in [2.75, 3.05) is 18.0 Å². The summed E-state index contributed by atoms with van der Waals surface area (Å²) in [5.74, 6) is 0.400. The van der Waals surface area contributed by atoms with Gasteiger partial charge in [-0.3, -0.25) is 4.79 Å². The number of primary sulfonamides is 1. The molecule has 1 saturated carbocycles. The van der Waals surface area contributed by atoms with E-state index in [-0.39, 0.29) is 28.2 Å². The van der Waals surface area contributed by atoms with Crippen molar-refractivity contribution in [3.05, 3.63) is 48.0 Å². The molecule has 0 heterocycles. The lowest BCUT2D eigenvalue weighted by molar-refractivity contribution is 0.0933. The Labute approximate surface area is 216 Å². The molecule has 3 N–H and O–H groups in total. The van der Waals surface area contributed by atoms with Crippen LogP contribution in [0.15, 0.2) is 47.4 Å². The molecule has 1 aliphatic carbocycles. The quantitative estimate of drug-likeness (QED) is 0.338. The van der Waals surface area contributed by atoms with Gasteiger partial charge in [0, 0.05) is 24.7 Å². The third-order valence-electron chi connectivity index (χ3n) is 6.66. The predicted molar refractivity (Wildman–Crippen MR) is 145 cm³/mol. The molecule has 1 amide bonds. The lowest BCUT2D eigenvalue weighted by Gasteiger charge is -2.28. The van der Waals surface area contributed by atoms with E-state index in [1.807, 2.05) is 18.2 Å². The second kappa shape index (κ2) is 13.7. The van der Waals surface area contributed by atoms with E-state index in [0.29, 0.717) is 11.4 Å². The zero-order chi connectivity index (χ0) is 26.0. The number of benzene rings is 2. The fraction of sp³-hybridized carbons (Fsp3) is 0.536. The molecular weight excluding hydrogens is 474 g/mol. The molecule has 7 nitrogen and oxygen atoms in total. The molecule has 3 rings (SSSR count). The smallest absolute Gasteiger partial charge is 0.251 e. The Bertz CT molecular complexity index is 1070. The molecular formula is C28H41N3O4S. The number of rotatable bonds is 12. The van der Waals surface area contributed by atoms with Crippen LogP contribution < -0.4 is 20.1 Å². The van der Waals surface area contributed by atoms with Gasteiger partial charge in [-0.05, 0) is 49.9 Å². The lowest BCUT2D eigenvalue weighted by Crippen LogP contribution is -2.35. The molecule has 0 unspecified atom stereocenters. The number of ether oxygens (including phenoxy) is 1. The van der Waals surface area contributed by atoms with E-state index in [2.05, 4.69) is 24.1 Å². The molecule has 198 valence electrons. The number of nitrogens with zero attached hydrogens (tertiary/aromatic N) is 1. The Hall–Kier alpha value is -2.58. The van der Waals surface area contributed by atoms with Crippen LogP contribution in [0.5, 0.6) is 11.5 Å². The van der Waals surface area contributed by atoms with E-state index < -0.39 is 10.0 Å². The zero-order valence-electron chi connectivity index (χ0n) is 21.7. The maximum absolute atomic E-state index is 13.4. The number of nitrogens with two attached hydrogens (primary N) is 1. The molecule has 0 saturated heterocycles. The van der Waals surface area contributed by atoms with Crippen molar-refractivity contribution in [2.45, 2.75) is 89.0 Å². The summed E-state index contributed by atoms with van der Waals surface area (Å²) in [4.78, 5) is 15.3. The molecule has 0 bridgehead atoms. The molecule has 2 aromatic rings. The van der Waals surface area contributed by atoms with Gasteiger partial charge in [0.05, 0.1) is 5.69 Å². The summed E-state index contributed by atoms with van der Waals surface area (Å²) in [5.41, 5.74) is 0.870. The monoisotopic (exact) mass is 515 g/mol. The van der Waals surface area contributed by atoms with E-state index in [0.717, 1.165) is 64.5 Å². The summed E-state index contributed by atoms with van der Waals surface area (Å²) in [5, 5.41) is 8.84. The van der Waals surface area contributed by atoms with Crippen LogP contribution in [-0.4, -0.2) is 33.5 Å². The van der Waals surface area contributed by atoms with E-state index in [1.54, 1.807) is 18.2 Å². The fourth-order valence-electron chi connectivity index (χ4n) is 4.62. The number of sulfonamides is 1. The van der Waals surface area contributed by atoms with E-state index in [4.69, 9.17) is 9.88 Å². The van der Waals surface area contributed by atoms with Gasteiger partial charge in [-0.2, -0.15) is 0 Å². The van der Waals surface area contributed by atoms with E-state index in [9.17, 15) is 13.2 Å². The van der Waals surface area contributed by atoms with Crippen LogP contribution in [0.3, 0.4) is 0 Å². The number of para-hydroxylation sites is 1. The number of carbonyl (C=O) groups excluding carboxylic acids is 1. The Morgan fingerprint density at radius 3 is 2.17 bits per heavy atom. The SMILES string of the molecule is CCCCN(CCCC)c1cc(C(=O)NC2CCCCCC2)cc(S(N)(=O)=O)c1Oc1ccccc1. The van der Waals surface area contributed by atoms with Gasteiger partial charge in [0.1, 0.15) is 10.6 Å².